The van der Waals surface area contributed by atoms with Crippen LogP contribution in [0.25, 0.3) is 99.7 Å². The van der Waals surface area contributed by atoms with Crippen molar-refractivity contribution in [3.63, 3.8) is 0 Å². The molecule has 1 heterocycles. The first-order chi connectivity index (χ1) is 29.0. The molecule has 12 rings (SSSR count). The summed E-state index contributed by atoms with van der Waals surface area (Å²) in [5.41, 5.74) is 12.2. The van der Waals surface area contributed by atoms with Crippen molar-refractivity contribution in [1.82, 2.24) is 0 Å². The summed E-state index contributed by atoms with van der Waals surface area (Å²) >= 11 is 0. The first-order valence-electron chi connectivity index (χ1n) is 21.0. The third-order valence-electron chi connectivity index (χ3n) is 13.7. The van der Waals surface area contributed by atoms with Gasteiger partial charge in [-0.1, -0.05) is 212 Å². The zero-order chi connectivity index (χ0) is 39.2. The van der Waals surface area contributed by atoms with Crippen molar-refractivity contribution >= 4 is 68.5 Å². The summed E-state index contributed by atoms with van der Waals surface area (Å²) in [5, 5.41) is 14.6. The van der Waals surface area contributed by atoms with Crippen LogP contribution in [0, 0.1) is 0 Å². The summed E-state index contributed by atoms with van der Waals surface area (Å²) in [6.45, 7) is 5.18. The van der Waals surface area contributed by atoms with Gasteiger partial charge in [-0.05, 0) is 121 Å². The molecule has 0 bridgehead atoms. The highest BCUT2D eigenvalue weighted by Gasteiger charge is 2.46. The van der Waals surface area contributed by atoms with Crippen LogP contribution >= 0.6 is 0 Å². The number of rotatable bonds is 4. The molecule has 1 aliphatic heterocycles. The summed E-state index contributed by atoms with van der Waals surface area (Å²) in [4.78, 5) is 0. The molecule has 0 saturated heterocycles. The molecule has 0 nitrogen and oxygen atoms in total. The number of benzene rings is 10. The third-order valence-corrected chi connectivity index (χ3v) is 17.8. The van der Waals surface area contributed by atoms with Gasteiger partial charge >= 0.3 is 0 Å². The van der Waals surface area contributed by atoms with Gasteiger partial charge in [-0.25, -0.2) is 0 Å². The van der Waals surface area contributed by atoms with Crippen molar-refractivity contribution in [2.75, 3.05) is 0 Å². The lowest BCUT2D eigenvalue weighted by Gasteiger charge is -2.30. The van der Waals surface area contributed by atoms with Crippen molar-refractivity contribution in [1.29, 1.82) is 0 Å². The quantitative estimate of drug-likeness (QED) is 0.157. The molecule has 0 fully saturated rings. The Hall–Kier alpha value is -6.80. The molecule has 278 valence electrons. The fourth-order valence-corrected chi connectivity index (χ4v) is 14.5. The summed E-state index contributed by atoms with van der Waals surface area (Å²) in [6, 6.07) is 72.8. The second-order valence-electron chi connectivity index (χ2n) is 17.2. The van der Waals surface area contributed by atoms with E-state index in [0.29, 0.717) is 11.5 Å². The molecule has 2 atom stereocenters. The molecule has 10 aromatic carbocycles. The summed E-state index contributed by atoms with van der Waals surface area (Å²) in [5.74, 6) is 0.346. The SMILES string of the molecule is C[Si]1(C)c2ccccc2C2C=c3c(-c4ccc(-c5ccc6ccccc6c5)c5ccccc45)c4ccc(-c5cccc6ccccc56)cc4c(-c4ccccc4)c3=CC21. The van der Waals surface area contributed by atoms with E-state index in [4.69, 9.17) is 0 Å². The Morgan fingerprint density at radius 3 is 1.81 bits per heavy atom. The van der Waals surface area contributed by atoms with E-state index in [9.17, 15) is 0 Å². The maximum absolute atomic E-state index is 2.73. The molecule has 1 heteroatoms. The summed E-state index contributed by atoms with van der Waals surface area (Å²) < 4.78 is 0. The average Bonchev–Trinajstić information content (AvgIpc) is 3.51. The highest BCUT2D eigenvalue weighted by atomic mass is 28.3. The zero-order valence-corrected chi connectivity index (χ0v) is 34.3. The van der Waals surface area contributed by atoms with Crippen molar-refractivity contribution in [3.05, 3.63) is 210 Å². The standard InChI is InChI=1S/C58H42Si/c1-59(2)55-26-13-12-24-48(55)51-35-53-54(36-56(51)59)57(39-17-4-3-5-18-39)52-34-42(44-25-14-20-38-16-8-9-21-43(38)44)29-30-50(52)58(53)49-32-31-45(46-22-10-11-23-47(46)49)41-28-27-37-15-6-7-19-40(37)33-41/h3-36,51,56H,1-2H3. The molecular formula is C58H42Si. The van der Waals surface area contributed by atoms with Gasteiger partial charge in [0.1, 0.15) is 0 Å². The molecule has 0 saturated carbocycles. The monoisotopic (exact) mass is 766 g/mol. The van der Waals surface area contributed by atoms with Gasteiger partial charge in [-0.15, -0.1) is 0 Å². The van der Waals surface area contributed by atoms with Crippen LogP contribution in [0.3, 0.4) is 0 Å². The van der Waals surface area contributed by atoms with E-state index in [1.165, 1.54) is 104 Å². The van der Waals surface area contributed by atoms with Crippen molar-refractivity contribution in [2.24, 2.45) is 0 Å². The first-order valence-corrected chi connectivity index (χ1v) is 24.1. The van der Waals surface area contributed by atoms with E-state index in [1.54, 1.807) is 5.19 Å². The minimum Gasteiger partial charge on any atom is -0.0743 e. The Bertz CT molecular complexity index is 3480. The molecule has 10 aromatic rings. The third kappa shape index (κ3) is 5.21. The average molecular weight is 767 g/mol. The largest absolute Gasteiger partial charge is 0.0887 e. The van der Waals surface area contributed by atoms with Gasteiger partial charge in [0.25, 0.3) is 0 Å². The minimum absolute atomic E-state index is 0.346. The smallest absolute Gasteiger partial charge is 0.0743 e. The Morgan fingerprint density at radius 1 is 0.356 bits per heavy atom. The van der Waals surface area contributed by atoms with Gasteiger partial charge in [0.05, 0.1) is 8.07 Å². The van der Waals surface area contributed by atoms with Gasteiger partial charge in [0.15, 0.2) is 0 Å². The number of hydrogen-bond donors (Lipinski definition) is 0. The Labute approximate surface area is 346 Å². The maximum atomic E-state index is 2.73. The lowest BCUT2D eigenvalue weighted by atomic mass is 9.80. The molecule has 2 unspecified atom stereocenters. The van der Waals surface area contributed by atoms with Crippen LogP contribution in [0.5, 0.6) is 0 Å². The summed E-state index contributed by atoms with van der Waals surface area (Å²) in [7, 11) is -1.87. The zero-order valence-electron chi connectivity index (χ0n) is 33.3. The highest BCUT2D eigenvalue weighted by molar-refractivity contribution is 6.93. The first kappa shape index (κ1) is 34.3. The van der Waals surface area contributed by atoms with E-state index in [2.05, 4.69) is 219 Å². The molecule has 0 radical (unpaired) electrons. The van der Waals surface area contributed by atoms with Crippen LogP contribution in [0.2, 0.25) is 18.6 Å². The van der Waals surface area contributed by atoms with Crippen LogP contribution < -0.4 is 15.6 Å². The molecule has 0 aromatic heterocycles. The van der Waals surface area contributed by atoms with Crippen molar-refractivity contribution in [3.8, 4) is 44.5 Å². The molecule has 0 N–H and O–H groups in total. The Kier molecular flexibility index (Phi) is 7.61. The normalized spacial score (nSPS) is 16.4. The van der Waals surface area contributed by atoms with E-state index < -0.39 is 8.07 Å². The molecule has 0 amide bonds. The molecular weight excluding hydrogens is 725 g/mol. The second-order valence-corrected chi connectivity index (χ2v) is 21.8. The van der Waals surface area contributed by atoms with Gasteiger partial charge in [-0.3, -0.25) is 0 Å². The van der Waals surface area contributed by atoms with Crippen LogP contribution in [0.1, 0.15) is 11.5 Å². The molecule has 0 spiro atoms. The fourth-order valence-electron chi connectivity index (χ4n) is 10.9. The molecule has 59 heavy (non-hydrogen) atoms. The van der Waals surface area contributed by atoms with E-state index in [-0.39, 0.29) is 0 Å². The van der Waals surface area contributed by atoms with Gasteiger partial charge in [0, 0.05) is 5.92 Å². The van der Waals surface area contributed by atoms with E-state index in [1.807, 2.05) is 0 Å². The fraction of sp³-hybridized carbons (Fsp3) is 0.0690. The predicted molar refractivity (Wildman–Crippen MR) is 256 cm³/mol. The van der Waals surface area contributed by atoms with Crippen LogP contribution in [0.4, 0.5) is 0 Å². The minimum atomic E-state index is -1.87. The van der Waals surface area contributed by atoms with Gasteiger partial charge in [0.2, 0.25) is 0 Å². The van der Waals surface area contributed by atoms with Gasteiger partial charge < -0.3 is 0 Å². The Morgan fingerprint density at radius 2 is 0.966 bits per heavy atom. The van der Waals surface area contributed by atoms with Crippen LogP contribution in [-0.4, -0.2) is 8.07 Å². The maximum Gasteiger partial charge on any atom is 0.0887 e. The van der Waals surface area contributed by atoms with E-state index in [0.717, 1.165) is 0 Å². The Balaban J connectivity index is 1.22. The lowest BCUT2D eigenvalue weighted by Crippen LogP contribution is -2.44. The summed E-state index contributed by atoms with van der Waals surface area (Å²) in [6.07, 6.45) is 5.42. The van der Waals surface area contributed by atoms with E-state index >= 15 is 0 Å². The second kappa shape index (κ2) is 13.1. The predicted octanol–water partition coefficient (Wildman–Crippen LogP) is 13.6. The number of hydrogen-bond acceptors (Lipinski definition) is 0. The molecule has 1 aliphatic carbocycles. The molecule has 2 aliphatic rings. The number of fused-ring (bicyclic) bond motifs is 8. The highest BCUT2D eigenvalue weighted by Crippen LogP contribution is 2.48. The topological polar surface area (TPSA) is 0 Å². The van der Waals surface area contributed by atoms with Gasteiger partial charge in [-0.2, -0.15) is 0 Å². The van der Waals surface area contributed by atoms with Crippen LogP contribution in [-0.2, 0) is 0 Å². The van der Waals surface area contributed by atoms with Crippen molar-refractivity contribution in [2.45, 2.75) is 24.6 Å². The van der Waals surface area contributed by atoms with Crippen LogP contribution in [0.15, 0.2) is 194 Å². The van der Waals surface area contributed by atoms with Crippen molar-refractivity contribution < 1.29 is 0 Å². The lowest BCUT2D eigenvalue weighted by molar-refractivity contribution is 0.927.